The van der Waals surface area contributed by atoms with Crippen LogP contribution in [0.15, 0.2) is 36.8 Å². The standard InChI is InChI=1S/C9H10N2/c1-8-4-6-11(7-8)9-3-2-5-10-9/h2-7,10H,1H3. The molecule has 0 aliphatic carbocycles. The number of nitrogens with zero attached hydrogens (tertiary/aromatic N) is 1. The summed E-state index contributed by atoms with van der Waals surface area (Å²) >= 11 is 0. The Morgan fingerprint density at radius 3 is 2.82 bits per heavy atom. The summed E-state index contributed by atoms with van der Waals surface area (Å²) in [4.78, 5) is 3.13. The normalized spacial score (nSPS) is 10.3. The second-order valence-electron chi connectivity index (χ2n) is 2.65. The van der Waals surface area contributed by atoms with Crippen molar-refractivity contribution in [2.45, 2.75) is 6.92 Å². The molecule has 2 aromatic rings. The molecule has 0 fully saturated rings. The zero-order valence-electron chi connectivity index (χ0n) is 6.41. The van der Waals surface area contributed by atoms with E-state index in [1.807, 2.05) is 24.5 Å². The lowest BCUT2D eigenvalue weighted by Gasteiger charge is -1.95. The van der Waals surface area contributed by atoms with E-state index in [1.165, 1.54) is 5.56 Å². The van der Waals surface area contributed by atoms with E-state index in [0.29, 0.717) is 0 Å². The zero-order valence-corrected chi connectivity index (χ0v) is 6.41. The molecule has 0 aromatic carbocycles. The minimum atomic E-state index is 1.11. The summed E-state index contributed by atoms with van der Waals surface area (Å²) in [6.45, 7) is 2.08. The summed E-state index contributed by atoms with van der Waals surface area (Å²) in [5.74, 6) is 1.11. The lowest BCUT2D eigenvalue weighted by molar-refractivity contribution is 1.02. The Labute approximate surface area is 65.5 Å². The van der Waals surface area contributed by atoms with Gasteiger partial charge >= 0.3 is 0 Å². The van der Waals surface area contributed by atoms with Gasteiger partial charge in [-0.15, -0.1) is 0 Å². The molecule has 2 nitrogen and oxygen atoms in total. The van der Waals surface area contributed by atoms with Crippen molar-refractivity contribution in [2.24, 2.45) is 0 Å². The van der Waals surface area contributed by atoms with Gasteiger partial charge in [0.15, 0.2) is 0 Å². The van der Waals surface area contributed by atoms with Gasteiger partial charge in [-0.1, -0.05) is 0 Å². The van der Waals surface area contributed by atoms with Gasteiger partial charge in [-0.3, -0.25) is 0 Å². The molecule has 2 aromatic heterocycles. The highest BCUT2D eigenvalue weighted by Crippen LogP contribution is 2.06. The molecule has 0 amide bonds. The lowest BCUT2D eigenvalue weighted by Crippen LogP contribution is -1.87. The fourth-order valence-electron chi connectivity index (χ4n) is 1.13. The number of aromatic amines is 1. The number of nitrogens with one attached hydrogen (secondary N) is 1. The molecule has 0 bridgehead atoms. The number of H-pyrrole nitrogens is 1. The Kier molecular flexibility index (Phi) is 1.32. The van der Waals surface area contributed by atoms with Crippen molar-refractivity contribution < 1.29 is 0 Å². The molecule has 2 heteroatoms. The van der Waals surface area contributed by atoms with Gasteiger partial charge in [0.25, 0.3) is 0 Å². The number of aromatic nitrogens is 2. The largest absolute Gasteiger partial charge is 0.348 e. The van der Waals surface area contributed by atoms with E-state index in [2.05, 4.69) is 28.7 Å². The van der Waals surface area contributed by atoms with Crippen LogP contribution in [-0.4, -0.2) is 9.55 Å². The summed E-state index contributed by atoms with van der Waals surface area (Å²) < 4.78 is 2.06. The number of hydrogen-bond acceptors (Lipinski definition) is 0. The molecule has 11 heavy (non-hydrogen) atoms. The molecular weight excluding hydrogens is 136 g/mol. The van der Waals surface area contributed by atoms with Gasteiger partial charge in [-0.25, -0.2) is 0 Å². The van der Waals surface area contributed by atoms with Crippen LogP contribution in [0, 0.1) is 6.92 Å². The molecule has 2 heterocycles. The van der Waals surface area contributed by atoms with Gasteiger partial charge in [0, 0.05) is 18.6 Å². The molecule has 2 rings (SSSR count). The first kappa shape index (κ1) is 6.28. The summed E-state index contributed by atoms with van der Waals surface area (Å²) in [5.41, 5.74) is 1.28. The number of rotatable bonds is 1. The quantitative estimate of drug-likeness (QED) is 0.636. The lowest BCUT2D eigenvalue weighted by atomic mass is 10.4. The van der Waals surface area contributed by atoms with Crippen LogP contribution in [0.3, 0.4) is 0 Å². The predicted molar refractivity (Wildman–Crippen MR) is 44.9 cm³/mol. The van der Waals surface area contributed by atoms with Crippen LogP contribution in [0.25, 0.3) is 5.82 Å². The monoisotopic (exact) mass is 146 g/mol. The summed E-state index contributed by atoms with van der Waals surface area (Å²) in [7, 11) is 0. The fraction of sp³-hybridized carbons (Fsp3) is 0.111. The molecule has 0 saturated carbocycles. The maximum absolute atomic E-state index is 3.13. The number of hydrogen-bond donors (Lipinski definition) is 1. The van der Waals surface area contributed by atoms with Gasteiger partial charge in [0.2, 0.25) is 0 Å². The maximum Gasteiger partial charge on any atom is 0.113 e. The van der Waals surface area contributed by atoms with Crippen molar-refractivity contribution in [2.75, 3.05) is 0 Å². The summed E-state index contributed by atoms with van der Waals surface area (Å²) in [6.07, 6.45) is 6.05. The summed E-state index contributed by atoms with van der Waals surface area (Å²) in [6, 6.07) is 6.12. The predicted octanol–water partition coefficient (Wildman–Crippen LogP) is 2.11. The minimum Gasteiger partial charge on any atom is -0.348 e. The first-order valence-electron chi connectivity index (χ1n) is 3.64. The van der Waals surface area contributed by atoms with Gasteiger partial charge in [-0.05, 0) is 30.7 Å². The highest BCUT2D eigenvalue weighted by atomic mass is 15.0. The highest BCUT2D eigenvalue weighted by molar-refractivity contribution is 5.25. The van der Waals surface area contributed by atoms with E-state index < -0.39 is 0 Å². The van der Waals surface area contributed by atoms with E-state index in [4.69, 9.17) is 0 Å². The van der Waals surface area contributed by atoms with Crippen molar-refractivity contribution in [3.63, 3.8) is 0 Å². The maximum atomic E-state index is 3.13. The molecule has 0 aliphatic rings. The third kappa shape index (κ3) is 1.07. The van der Waals surface area contributed by atoms with E-state index in [-0.39, 0.29) is 0 Å². The highest BCUT2D eigenvalue weighted by Gasteiger charge is 1.93. The van der Waals surface area contributed by atoms with Crippen LogP contribution in [0.4, 0.5) is 0 Å². The second-order valence-corrected chi connectivity index (χ2v) is 2.65. The van der Waals surface area contributed by atoms with Gasteiger partial charge in [0.05, 0.1) is 0 Å². The van der Waals surface area contributed by atoms with Crippen LogP contribution in [0.2, 0.25) is 0 Å². The van der Waals surface area contributed by atoms with Gasteiger partial charge in [0.1, 0.15) is 5.82 Å². The van der Waals surface area contributed by atoms with Crippen LogP contribution >= 0.6 is 0 Å². The van der Waals surface area contributed by atoms with Crippen molar-refractivity contribution in [3.8, 4) is 5.82 Å². The smallest absolute Gasteiger partial charge is 0.113 e. The van der Waals surface area contributed by atoms with Crippen LogP contribution in [0.1, 0.15) is 5.56 Å². The molecule has 0 aliphatic heterocycles. The Morgan fingerprint density at radius 2 is 2.27 bits per heavy atom. The average Bonchev–Trinajstić information content (AvgIpc) is 2.55. The Morgan fingerprint density at radius 1 is 1.36 bits per heavy atom. The summed E-state index contributed by atoms with van der Waals surface area (Å²) in [5, 5.41) is 0. The zero-order chi connectivity index (χ0) is 7.68. The van der Waals surface area contributed by atoms with Crippen molar-refractivity contribution in [3.05, 3.63) is 42.4 Å². The van der Waals surface area contributed by atoms with Crippen LogP contribution in [0.5, 0.6) is 0 Å². The van der Waals surface area contributed by atoms with E-state index in [0.717, 1.165) is 5.82 Å². The SMILES string of the molecule is Cc1ccn(-c2ccc[nH]2)c1. The average molecular weight is 146 g/mol. The fourth-order valence-corrected chi connectivity index (χ4v) is 1.13. The minimum absolute atomic E-state index is 1.11. The van der Waals surface area contributed by atoms with E-state index in [9.17, 15) is 0 Å². The Balaban J connectivity index is 2.45. The molecule has 0 saturated heterocycles. The van der Waals surface area contributed by atoms with Crippen molar-refractivity contribution in [1.82, 2.24) is 9.55 Å². The third-order valence-corrected chi connectivity index (χ3v) is 1.70. The molecule has 56 valence electrons. The first-order valence-corrected chi connectivity index (χ1v) is 3.64. The molecule has 1 N–H and O–H groups in total. The molecule has 0 atom stereocenters. The van der Waals surface area contributed by atoms with Crippen LogP contribution in [-0.2, 0) is 0 Å². The van der Waals surface area contributed by atoms with E-state index >= 15 is 0 Å². The topological polar surface area (TPSA) is 20.7 Å². The number of aryl methyl sites for hydroxylation is 1. The van der Waals surface area contributed by atoms with Crippen molar-refractivity contribution in [1.29, 1.82) is 0 Å². The van der Waals surface area contributed by atoms with Crippen LogP contribution < -0.4 is 0 Å². The molecular formula is C9H10N2. The Hall–Kier alpha value is -1.44. The Bertz CT molecular complexity index is 330. The van der Waals surface area contributed by atoms with Crippen molar-refractivity contribution >= 4 is 0 Å². The third-order valence-electron chi connectivity index (χ3n) is 1.70. The molecule has 0 spiro atoms. The molecule has 0 radical (unpaired) electrons. The van der Waals surface area contributed by atoms with E-state index in [1.54, 1.807) is 0 Å². The second kappa shape index (κ2) is 2.31. The van der Waals surface area contributed by atoms with Gasteiger partial charge < -0.3 is 9.55 Å². The van der Waals surface area contributed by atoms with Gasteiger partial charge in [-0.2, -0.15) is 0 Å². The first-order chi connectivity index (χ1) is 5.36. The molecule has 0 unspecified atom stereocenters.